The number of hydrogen-bond donors (Lipinski definition) is 1. The molecule has 0 spiro atoms. The number of aldehydes is 1. The minimum absolute atomic E-state index is 0.0336. The molecule has 1 fully saturated rings. The van der Waals surface area contributed by atoms with E-state index < -0.39 is 0 Å². The lowest BCUT2D eigenvalue weighted by molar-refractivity contribution is -0.119. The molecular weight excluding hydrogens is 299 g/mol. The third-order valence-corrected chi connectivity index (χ3v) is 4.15. The molecule has 0 aromatic heterocycles. The zero-order chi connectivity index (χ0) is 14.5. The Bertz CT molecular complexity index is 508. The van der Waals surface area contributed by atoms with Crippen LogP contribution in [0.3, 0.4) is 0 Å². The number of piperidine rings is 1. The summed E-state index contributed by atoms with van der Waals surface area (Å²) in [4.78, 5) is 24.8. The van der Waals surface area contributed by atoms with Gasteiger partial charge in [0.1, 0.15) is 6.29 Å². The molecule has 0 radical (unpaired) electrons. The van der Waals surface area contributed by atoms with Gasteiger partial charge in [-0.1, -0.05) is 29.3 Å². The minimum Gasteiger partial charge on any atom is -0.324 e. The molecule has 20 heavy (non-hydrogen) atoms. The number of nitrogens with one attached hydrogen (secondary N) is 1. The molecule has 2 rings (SSSR count). The maximum atomic E-state index is 12.0. The van der Waals surface area contributed by atoms with Crippen molar-refractivity contribution in [3.05, 3.63) is 28.2 Å². The Kier molecular flexibility index (Phi) is 5.40. The topological polar surface area (TPSA) is 49.4 Å². The van der Waals surface area contributed by atoms with E-state index in [0.29, 0.717) is 22.3 Å². The standard InChI is InChI=1S/C14H16Cl2N2O2/c15-11-4-1-5-12(14(11)16)17-13(20)8-18-6-2-3-10(7-18)9-19/h1,4-5,9-10H,2-3,6-8H2,(H,17,20). The number of anilines is 1. The van der Waals surface area contributed by atoms with Crippen LogP contribution in [-0.2, 0) is 9.59 Å². The van der Waals surface area contributed by atoms with Crippen LogP contribution in [0.25, 0.3) is 0 Å². The number of halogens is 2. The quantitative estimate of drug-likeness (QED) is 0.869. The summed E-state index contributed by atoms with van der Waals surface area (Å²) >= 11 is 11.9. The normalized spacial score (nSPS) is 19.6. The van der Waals surface area contributed by atoms with Crippen LogP contribution < -0.4 is 5.32 Å². The van der Waals surface area contributed by atoms with E-state index in [1.165, 1.54) is 0 Å². The highest BCUT2D eigenvalue weighted by atomic mass is 35.5. The number of hydrogen-bond acceptors (Lipinski definition) is 3. The Hall–Kier alpha value is -1.10. The van der Waals surface area contributed by atoms with E-state index in [1.807, 2.05) is 4.90 Å². The van der Waals surface area contributed by atoms with E-state index in [4.69, 9.17) is 23.2 Å². The van der Waals surface area contributed by atoms with Crippen LogP contribution in [0.15, 0.2) is 18.2 Å². The predicted molar refractivity (Wildman–Crippen MR) is 80.3 cm³/mol. The van der Waals surface area contributed by atoms with Crippen LogP contribution in [0.5, 0.6) is 0 Å². The van der Waals surface area contributed by atoms with E-state index in [0.717, 1.165) is 25.7 Å². The first kappa shape index (κ1) is 15.3. The number of nitrogens with zero attached hydrogens (tertiary/aromatic N) is 1. The Morgan fingerprint density at radius 3 is 3.00 bits per heavy atom. The molecule has 1 aromatic rings. The van der Waals surface area contributed by atoms with Crippen LogP contribution in [0.1, 0.15) is 12.8 Å². The van der Waals surface area contributed by atoms with E-state index in [9.17, 15) is 9.59 Å². The lowest BCUT2D eigenvalue weighted by Gasteiger charge is -2.29. The zero-order valence-corrected chi connectivity index (χ0v) is 12.5. The highest BCUT2D eigenvalue weighted by Gasteiger charge is 2.21. The molecule has 1 aliphatic heterocycles. The van der Waals surface area contributed by atoms with Crippen molar-refractivity contribution >= 4 is 41.1 Å². The molecule has 1 N–H and O–H groups in total. The Morgan fingerprint density at radius 1 is 1.45 bits per heavy atom. The molecule has 0 saturated carbocycles. The fourth-order valence-electron chi connectivity index (χ4n) is 2.34. The van der Waals surface area contributed by atoms with Gasteiger partial charge >= 0.3 is 0 Å². The number of carbonyl (C=O) groups excluding carboxylic acids is 2. The van der Waals surface area contributed by atoms with Gasteiger partial charge in [0.25, 0.3) is 0 Å². The second kappa shape index (κ2) is 7.07. The lowest BCUT2D eigenvalue weighted by atomic mass is 10.00. The molecule has 108 valence electrons. The highest BCUT2D eigenvalue weighted by Crippen LogP contribution is 2.29. The van der Waals surface area contributed by atoms with Crippen molar-refractivity contribution in [2.75, 3.05) is 25.0 Å². The average molecular weight is 315 g/mol. The second-order valence-corrected chi connectivity index (χ2v) is 5.71. The Morgan fingerprint density at radius 2 is 2.25 bits per heavy atom. The summed E-state index contributed by atoms with van der Waals surface area (Å²) in [5.74, 6) is -0.118. The van der Waals surface area contributed by atoms with Crippen molar-refractivity contribution in [1.29, 1.82) is 0 Å². The van der Waals surface area contributed by atoms with Crippen LogP contribution in [0, 0.1) is 5.92 Å². The van der Waals surface area contributed by atoms with Gasteiger partial charge in [-0.05, 0) is 31.5 Å². The van der Waals surface area contributed by atoms with Crippen molar-refractivity contribution in [3.63, 3.8) is 0 Å². The molecule has 4 nitrogen and oxygen atoms in total. The molecule has 1 heterocycles. The highest BCUT2D eigenvalue weighted by molar-refractivity contribution is 6.43. The smallest absolute Gasteiger partial charge is 0.238 e. The lowest BCUT2D eigenvalue weighted by Crippen LogP contribution is -2.40. The van der Waals surface area contributed by atoms with E-state index in [-0.39, 0.29) is 18.4 Å². The van der Waals surface area contributed by atoms with Crippen LogP contribution in [0.2, 0.25) is 10.0 Å². The summed E-state index contributed by atoms with van der Waals surface area (Å²) < 4.78 is 0. The molecule has 1 aliphatic rings. The van der Waals surface area contributed by atoms with Gasteiger partial charge in [-0.2, -0.15) is 0 Å². The maximum Gasteiger partial charge on any atom is 0.238 e. The number of benzene rings is 1. The molecule has 0 aliphatic carbocycles. The van der Waals surface area contributed by atoms with Crippen molar-refractivity contribution in [3.8, 4) is 0 Å². The maximum absolute atomic E-state index is 12.0. The summed E-state index contributed by atoms with van der Waals surface area (Å²) in [6.45, 7) is 1.73. The predicted octanol–water partition coefficient (Wildman–Crippen LogP) is 2.84. The summed E-state index contributed by atoms with van der Waals surface area (Å²) in [7, 11) is 0. The number of rotatable bonds is 4. The van der Waals surface area contributed by atoms with Crippen LogP contribution in [-0.4, -0.2) is 36.7 Å². The molecule has 1 atom stereocenters. The Balaban J connectivity index is 1.92. The molecule has 1 saturated heterocycles. The van der Waals surface area contributed by atoms with Gasteiger partial charge in [-0.25, -0.2) is 0 Å². The summed E-state index contributed by atoms with van der Waals surface area (Å²) in [5, 5.41) is 3.49. The second-order valence-electron chi connectivity index (χ2n) is 4.92. The van der Waals surface area contributed by atoms with E-state index >= 15 is 0 Å². The summed E-state index contributed by atoms with van der Waals surface area (Å²) in [6.07, 6.45) is 2.81. The van der Waals surface area contributed by atoms with Crippen LogP contribution in [0.4, 0.5) is 5.69 Å². The Labute approximate surface area is 128 Å². The molecule has 1 aromatic carbocycles. The summed E-state index contributed by atoms with van der Waals surface area (Å²) in [5.41, 5.74) is 0.508. The van der Waals surface area contributed by atoms with E-state index in [1.54, 1.807) is 18.2 Å². The average Bonchev–Trinajstić information content (AvgIpc) is 2.44. The van der Waals surface area contributed by atoms with Crippen molar-refractivity contribution in [1.82, 2.24) is 4.90 Å². The third kappa shape index (κ3) is 3.95. The van der Waals surface area contributed by atoms with E-state index in [2.05, 4.69) is 5.32 Å². The fraction of sp³-hybridized carbons (Fsp3) is 0.429. The van der Waals surface area contributed by atoms with Gasteiger partial charge in [-0.15, -0.1) is 0 Å². The minimum atomic E-state index is -0.152. The third-order valence-electron chi connectivity index (χ3n) is 3.33. The van der Waals surface area contributed by atoms with Crippen molar-refractivity contribution in [2.45, 2.75) is 12.8 Å². The molecular formula is C14H16Cl2N2O2. The number of amides is 1. The number of likely N-dealkylation sites (tertiary alicyclic amines) is 1. The van der Waals surface area contributed by atoms with Crippen molar-refractivity contribution in [2.24, 2.45) is 5.92 Å². The van der Waals surface area contributed by atoms with Crippen LogP contribution >= 0.6 is 23.2 Å². The first-order valence-electron chi connectivity index (χ1n) is 6.51. The SMILES string of the molecule is O=CC1CCCN(CC(=O)Nc2cccc(Cl)c2Cl)C1. The van der Waals surface area contributed by atoms with Gasteiger partial charge in [0.15, 0.2) is 0 Å². The first-order valence-corrected chi connectivity index (χ1v) is 7.27. The molecule has 6 heteroatoms. The molecule has 0 bridgehead atoms. The van der Waals surface area contributed by atoms with Gasteiger partial charge < -0.3 is 10.1 Å². The molecule has 1 amide bonds. The fourth-order valence-corrected chi connectivity index (χ4v) is 2.69. The number of carbonyl (C=O) groups is 2. The zero-order valence-electron chi connectivity index (χ0n) is 10.9. The molecule has 1 unspecified atom stereocenters. The van der Waals surface area contributed by atoms with Gasteiger partial charge in [-0.3, -0.25) is 9.69 Å². The first-order chi connectivity index (χ1) is 9.60. The largest absolute Gasteiger partial charge is 0.324 e. The van der Waals surface area contributed by atoms with Gasteiger partial charge in [0.05, 0.1) is 22.3 Å². The monoisotopic (exact) mass is 314 g/mol. The van der Waals surface area contributed by atoms with Crippen molar-refractivity contribution < 1.29 is 9.59 Å². The van der Waals surface area contributed by atoms with Gasteiger partial charge in [0, 0.05) is 12.5 Å². The van der Waals surface area contributed by atoms with Gasteiger partial charge in [0.2, 0.25) is 5.91 Å². The summed E-state index contributed by atoms with van der Waals surface area (Å²) in [6, 6.07) is 5.10.